The van der Waals surface area contributed by atoms with Gasteiger partial charge in [-0.3, -0.25) is 30.0 Å². The molecule has 4 atom stereocenters. The van der Waals surface area contributed by atoms with Gasteiger partial charge in [0.2, 0.25) is 11.9 Å². The van der Waals surface area contributed by atoms with E-state index in [9.17, 15) is 61.5 Å². The Morgan fingerprint density at radius 3 is 1.16 bits per heavy atom. The Hall–Kier alpha value is -11.0. The molecule has 17 rings (SSSR count). The van der Waals surface area contributed by atoms with Crippen LogP contribution in [0.4, 0.5) is 61.5 Å². The lowest BCUT2D eigenvalue weighted by molar-refractivity contribution is -0.306. The van der Waals surface area contributed by atoms with Crippen molar-refractivity contribution in [2.75, 3.05) is 52.4 Å². The SMILES string of the molecule is CC(C)(C)OO.FC(F)(F)Oc1ccc(C2(c3cccc(Br)c3)NC(=S)N3CCCCN=C32)cc1.FC(F)(F)Oc1ccc(C2(c3cccc(Br)c3)NC(=S)SC2=S)cc1.N.NC1=NC(c2ccc(OC(F)(F)F)cc2)(c2cccc(-c3cccnc3F)c2)C2=NCCCCN12.NC1=NC(c2ccc(OC(F)(F)F)cc2)(c2cccc(Br)c2)C2=NCCCCN12.NCCCCCN.O.OB(O)c1cccnc1F. The summed E-state index contributed by atoms with van der Waals surface area (Å²) >= 11 is 28.1. The number of nitrogens with zero attached hydrogens (tertiary/aromatic N) is 10. The highest BCUT2D eigenvalue weighted by Gasteiger charge is 2.54. The first-order chi connectivity index (χ1) is 66.8. The van der Waals surface area contributed by atoms with Crippen molar-refractivity contribution in [2.24, 2.45) is 47.9 Å². The van der Waals surface area contributed by atoms with Gasteiger partial charge in [0, 0.05) is 76.1 Å². The molecule has 18 N–H and O–H groups in total. The molecular formula is C95H99BBr3F14N17O9S4. The molecule has 10 aromatic rings. The Labute approximate surface area is 860 Å². The van der Waals surface area contributed by atoms with Gasteiger partial charge in [-0.05, 0) is 257 Å². The molecule has 4 unspecified atom stereocenters. The zero-order valence-electron chi connectivity index (χ0n) is 76.5. The monoisotopic (exact) mass is 2260 g/mol. The number of unbranched alkanes of at least 4 members (excludes halogenated alkanes) is 2. The minimum absolute atomic E-state index is 0. The van der Waals surface area contributed by atoms with Crippen molar-refractivity contribution >= 4 is 152 Å². The molecule has 0 bridgehead atoms. The second kappa shape index (κ2) is 50.7. The number of thiocarbonyl (C=S) groups is 3. The first-order valence-electron chi connectivity index (χ1n) is 43.5. The number of amidine groups is 3. The number of hydrogen-bond donors (Lipinski definition) is 10. The van der Waals surface area contributed by atoms with Crippen molar-refractivity contribution in [1.82, 2.24) is 41.5 Å². The van der Waals surface area contributed by atoms with Crippen LogP contribution in [0.5, 0.6) is 23.0 Å². The number of ether oxygens (including phenoxy) is 4. The third kappa shape index (κ3) is 29.9. The van der Waals surface area contributed by atoms with Gasteiger partial charge in [0.1, 0.15) is 55.9 Å². The highest BCUT2D eigenvalue weighted by Crippen LogP contribution is 2.48. The smallest absolute Gasteiger partial charge is 0.423 e. The van der Waals surface area contributed by atoms with E-state index in [1.165, 1.54) is 103 Å². The summed E-state index contributed by atoms with van der Waals surface area (Å²) in [6, 6.07) is 58.7. The summed E-state index contributed by atoms with van der Waals surface area (Å²) in [7, 11) is -1.78. The van der Waals surface area contributed by atoms with Crippen LogP contribution < -0.4 is 64.1 Å². The molecule has 26 nitrogen and oxygen atoms in total. The van der Waals surface area contributed by atoms with Gasteiger partial charge in [0.05, 0.1) is 9.80 Å². The maximum atomic E-state index is 14.5. The van der Waals surface area contributed by atoms with Gasteiger partial charge in [-0.15, -0.1) is 52.7 Å². The number of aromatic nitrogens is 2. The summed E-state index contributed by atoms with van der Waals surface area (Å²) in [6.07, 6.45) is -7.49. The van der Waals surface area contributed by atoms with E-state index in [1.807, 2.05) is 93.6 Å². The van der Waals surface area contributed by atoms with Crippen LogP contribution >= 0.6 is 96.2 Å². The summed E-state index contributed by atoms with van der Waals surface area (Å²) in [5, 5.41) is 32.0. The number of thioether (sulfide) groups is 1. The normalized spacial score (nSPS) is 19.0. The van der Waals surface area contributed by atoms with E-state index in [1.54, 1.807) is 87.5 Å². The van der Waals surface area contributed by atoms with Gasteiger partial charge < -0.3 is 79.1 Å². The number of pyridine rings is 2. The van der Waals surface area contributed by atoms with Crippen molar-refractivity contribution in [1.29, 1.82) is 0 Å². The van der Waals surface area contributed by atoms with E-state index in [-0.39, 0.29) is 46.0 Å². The van der Waals surface area contributed by atoms with Gasteiger partial charge in [0.15, 0.2) is 28.1 Å². The Morgan fingerprint density at radius 1 is 0.441 bits per heavy atom. The second-order valence-electron chi connectivity index (χ2n) is 32.6. The molecule has 48 heteroatoms. The number of nitrogens with two attached hydrogens (primary N) is 4. The second-order valence-corrected chi connectivity index (χ2v) is 38.1. The van der Waals surface area contributed by atoms with Crippen molar-refractivity contribution < 1.29 is 106 Å². The maximum Gasteiger partial charge on any atom is 0.573 e. The molecule has 8 aromatic carbocycles. The number of halogens is 17. The molecule has 0 amide bonds. The summed E-state index contributed by atoms with van der Waals surface area (Å²) in [5.41, 5.74) is 25.1. The van der Waals surface area contributed by atoms with Gasteiger partial charge in [-0.25, -0.2) is 24.8 Å². The average Bonchev–Trinajstić information content (AvgIpc) is 1.59. The van der Waals surface area contributed by atoms with Crippen LogP contribution in [0.25, 0.3) is 11.1 Å². The Balaban J connectivity index is 0.000000197. The van der Waals surface area contributed by atoms with Crippen molar-refractivity contribution in [3.63, 3.8) is 0 Å². The van der Waals surface area contributed by atoms with Crippen LogP contribution in [0.3, 0.4) is 0 Å². The number of rotatable bonds is 18. The van der Waals surface area contributed by atoms with E-state index < -0.39 is 72.2 Å². The first-order valence-corrected chi connectivity index (χ1v) is 47.9. The topological polar surface area (TPSA) is 399 Å². The van der Waals surface area contributed by atoms with Crippen LogP contribution in [-0.2, 0) is 27.0 Å². The van der Waals surface area contributed by atoms with E-state index in [0.717, 1.165) is 113 Å². The number of alkyl halides is 12. The lowest BCUT2D eigenvalue weighted by Crippen LogP contribution is -2.45. The maximum absolute atomic E-state index is 14.5. The molecule has 2 aromatic heterocycles. The standard InChI is InChI=1S/C25H21F4N5O.C20H18BrF3N4O.C20H17BrF3N3OS.C16H9BrF3NOS3.C5H5BFNO2.C5H14N2.C4H10O2.H3N.H2O/c26-21-20(7-4-13-31-21)16-5-3-6-18(15-16)24(17-8-10-19(11-9-17)35-25(27,28)29)22-32-12-1-2-14-34(22)23(30)33-24;21-15-5-3-4-14(12-15)19(13-6-8-16(9-7-13)29-20(22,23)24)17-26-10-1-2-11-28(17)18(25)27-19;21-15-5-3-4-14(12-15)19(13-6-8-16(9-7-13)28-20(22,23)24)17-25-10-1-2-11-27(17)18(29)26-19;17-11-3-1-2-10(8-11)15(13(23)25-14(24)21-15)9-4-6-12(7-5-9)22-16(18,19)20;7-5-4(6(9)10)2-1-3-8-5;6-4-2-1-3-5-7;1-4(2,3)6-5;;/h3-11,13,15H,1-2,12,14H2,(H2,30,33);3-9,12H,1-2,10-11H2,(H2,25,27);3-9,12H,1-2,10-11H2,(H,26,29);1-8H,(H,21,24);1-3,9-10H;1-7H2;5H,1-3H3;1H3;1H2. The Bertz CT molecular complexity index is 6150. The summed E-state index contributed by atoms with van der Waals surface area (Å²) in [4.78, 5) is 40.6. The van der Waals surface area contributed by atoms with Crippen LogP contribution in [0.2, 0.25) is 0 Å². The largest absolute Gasteiger partial charge is 0.573 e. The molecule has 9 heterocycles. The first kappa shape index (κ1) is 116. The fourth-order valence-electron chi connectivity index (χ4n) is 15.7. The molecule has 2 fully saturated rings. The third-order valence-electron chi connectivity index (χ3n) is 21.8. The zero-order chi connectivity index (χ0) is 102. The quantitative estimate of drug-likeness (QED) is 0.00725. The number of benzene rings is 8. The van der Waals surface area contributed by atoms with Crippen LogP contribution in [-0.4, -0.2) is 179 Å². The van der Waals surface area contributed by atoms with Crippen LogP contribution in [0, 0.1) is 11.9 Å². The molecule has 2 saturated heterocycles. The molecule has 0 spiro atoms. The molecule has 0 radical (unpaired) electrons. The molecule has 7 aliphatic heterocycles. The Morgan fingerprint density at radius 2 is 0.797 bits per heavy atom. The molecule has 0 saturated carbocycles. The van der Waals surface area contributed by atoms with E-state index >= 15 is 0 Å². The van der Waals surface area contributed by atoms with Crippen molar-refractivity contribution in [3.8, 4) is 34.1 Å². The number of fused-ring (bicyclic) bond motifs is 3. The van der Waals surface area contributed by atoms with Gasteiger partial charge in [-0.1, -0.05) is 200 Å². The van der Waals surface area contributed by atoms with Crippen LogP contribution in [0.1, 0.15) is 123 Å². The summed E-state index contributed by atoms with van der Waals surface area (Å²) in [6.45, 7) is 10.8. The summed E-state index contributed by atoms with van der Waals surface area (Å²) < 4.78 is 197. The van der Waals surface area contributed by atoms with Crippen molar-refractivity contribution in [2.45, 2.75) is 132 Å². The minimum Gasteiger partial charge on any atom is -0.423 e. The van der Waals surface area contributed by atoms with Gasteiger partial charge >= 0.3 is 32.6 Å². The number of hydrogen-bond acceptors (Lipinski definition) is 26. The lowest BCUT2D eigenvalue weighted by Gasteiger charge is -2.31. The summed E-state index contributed by atoms with van der Waals surface area (Å²) in [5.74, 6) is -0.0187. The predicted octanol–water partition coefficient (Wildman–Crippen LogP) is 19.4. The van der Waals surface area contributed by atoms with Crippen molar-refractivity contribution in [3.05, 3.63) is 301 Å². The number of aliphatic imine (C=N–C) groups is 5. The van der Waals surface area contributed by atoms with E-state index in [2.05, 4.69) is 92.2 Å². The average molecular weight is 2270 g/mol. The van der Waals surface area contributed by atoms with E-state index in [0.29, 0.717) is 97.4 Å². The molecule has 764 valence electrons. The van der Waals surface area contributed by atoms with Gasteiger partial charge in [-0.2, -0.15) is 8.78 Å². The van der Waals surface area contributed by atoms with E-state index in [4.69, 9.17) is 99.9 Å². The Kier molecular flexibility index (Phi) is 41.0. The molecule has 0 aliphatic carbocycles. The third-order valence-corrected chi connectivity index (χ3v) is 25.2. The minimum atomic E-state index is -4.81. The highest BCUT2D eigenvalue weighted by atomic mass is 79.9. The lowest BCUT2D eigenvalue weighted by atomic mass is 9.81. The van der Waals surface area contributed by atoms with Crippen LogP contribution in [0.15, 0.2) is 269 Å². The fraction of sp³-hybridized carbons (Fsp3) is 0.305. The molecular weight excluding hydrogens is 2170 g/mol. The number of nitrogens with one attached hydrogen (secondary N) is 2. The molecule has 143 heavy (non-hydrogen) atoms. The van der Waals surface area contributed by atoms with Gasteiger partial charge in [0.25, 0.3) is 0 Å². The molecule has 7 aliphatic rings. The highest BCUT2D eigenvalue weighted by molar-refractivity contribution is 9.11. The number of guanidine groups is 2. The zero-order valence-corrected chi connectivity index (χ0v) is 84.5. The fourth-order valence-corrected chi connectivity index (χ4v) is 19.1. The predicted molar refractivity (Wildman–Crippen MR) is 545 cm³/mol.